The highest BCUT2D eigenvalue weighted by Crippen LogP contribution is 2.38. The summed E-state index contributed by atoms with van der Waals surface area (Å²) in [4.78, 5) is 22.5. The number of carbonyl (C=O) groups excluding carboxylic acids is 1. The van der Waals surface area contributed by atoms with Gasteiger partial charge in [-0.2, -0.15) is 0 Å². The zero-order chi connectivity index (χ0) is 15.7. The van der Waals surface area contributed by atoms with Crippen LogP contribution in [0.15, 0.2) is 6.33 Å². The maximum atomic E-state index is 11.5. The van der Waals surface area contributed by atoms with Crippen LogP contribution in [0.25, 0.3) is 10.2 Å². The number of aliphatic carboxylic acids is 1. The average molecular weight is 318 g/mol. The van der Waals surface area contributed by atoms with Crippen molar-refractivity contribution in [2.75, 3.05) is 5.32 Å². The van der Waals surface area contributed by atoms with Gasteiger partial charge in [0, 0.05) is 4.88 Å². The van der Waals surface area contributed by atoms with Crippen molar-refractivity contribution >= 4 is 33.3 Å². The lowest BCUT2D eigenvalue weighted by atomic mass is 9.96. The standard InChI is InChI=1S/C16H21N3O2S/c1-3-9(2)13(16(20)21)19-14-12-10-6-4-5-7-11(10)22-15(12)18-8-17-14/h8-9,13H,3-7H2,1-2H3,(H,20,21)(H,17,18,19)/p-1/t9-,13+/m0/s1. The molecule has 118 valence electrons. The minimum absolute atomic E-state index is 0.0236. The van der Waals surface area contributed by atoms with E-state index in [1.165, 1.54) is 29.6 Å². The molecule has 2 aromatic heterocycles. The Balaban J connectivity index is 2.03. The van der Waals surface area contributed by atoms with E-state index in [0.717, 1.165) is 29.5 Å². The zero-order valence-corrected chi connectivity index (χ0v) is 13.7. The van der Waals surface area contributed by atoms with Gasteiger partial charge in [0.05, 0.1) is 17.4 Å². The van der Waals surface area contributed by atoms with Gasteiger partial charge < -0.3 is 15.2 Å². The molecular weight excluding hydrogens is 298 g/mol. The maximum absolute atomic E-state index is 11.5. The topological polar surface area (TPSA) is 77.9 Å². The van der Waals surface area contributed by atoms with Crippen molar-refractivity contribution in [3.05, 3.63) is 16.8 Å². The van der Waals surface area contributed by atoms with E-state index in [-0.39, 0.29) is 5.92 Å². The highest BCUT2D eigenvalue weighted by atomic mass is 32.1. The third-order valence-electron chi connectivity index (χ3n) is 4.51. The van der Waals surface area contributed by atoms with Crippen LogP contribution in [-0.2, 0) is 17.6 Å². The molecule has 0 radical (unpaired) electrons. The van der Waals surface area contributed by atoms with Gasteiger partial charge in [-0.05, 0) is 37.2 Å². The van der Waals surface area contributed by atoms with E-state index >= 15 is 0 Å². The summed E-state index contributed by atoms with van der Waals surface area (Å²) in [6.45, 7) is 3.89. The molecule has 1 aliphatic rings. The smallest absolute Gasteiger partial charge is 0.138 e. The van der Waals surface area contributed by atoms with Gasteiger partial charge in [-0.3, -0.25) is 0 Å². The molecule has 0 aliphatic heterocycles. The van der Waals surface area contributed by atoms with Crippen LogP contribution in [0.4, 0.5) is 5.82 Å². The molecule has 5 nitrogen and oxygen atoms in total. The van der Waals surface area contributed by atoms with E-state index in [4.69, 9.17) is 0 Å². The van der Waals surface area contributed by atoms with E-state index in [2.05, 4.69) is 15.3 Å². The van der Waals surface area contributed by atoms with Crippen LogP contribution < -0.4 is 10.4 Å². The minimum Gasteiger partial charge on any atom is -0.548 e. The lowest BCUT2D eigenvalue weighted by molar-refractivity contribution is -0.307. The molecule has 0 fully saturated rings. The monoisotopic (exact) mass is 318 g/mol. The summed E-state index contributed by atoms with van der Waals surface area (Å²) in [6.07, 6.45) is 6.77. The number of carboxylic acid groups (broad SMARTS) is 1. The van der Waals surface area contributed by atoms with E-state index in [0.29, 0.717) is 5.82 Å². The average Bonchev–Trinajstić information content (AvgIpc) is 2.90. The predicted octanol–water partition coefficient (Wildman–Crippen LogP) is 2.15. The third-order valence-corrected chi connectivity index (χ3v) is 5.71. The quantitative estimate of drug-likeness (QED) is 0.914. The molecule has 0 unspecified atom stereocenters. The van der Waals surface area contributed by atoms with Crippen LogP contribution in [0.5, 0.6) is 0 Å². The molecule has 6 heteroatoms. The number of carboxylic acids is 1. The van der Waals surface area contributed by atoms with Gasteiger partial charge in [0.15, 0.2) is 0 Å². The fraction of sp³-hybridized carbons (Fsp3) is 0.562. The molecule has 0 spiro atoms. The molecule has 0 amide bonds. The van der Waals surface area contributed by atoms with Crippen molar-refractivity contribution in [3.8, 4) is 0 Å². The number of hydrogen-bond donors (Lipinski definition) is 1. The van der Waals surface area contributed by atoms with Crippen LogP contribution in [0.3, 0.4) is 0 Å². The van der Waals surface area contributed by atoms with Crippen LogP contribution >= 0.6 is 11.3 Å². The molecular formula is C16H20N3O2S-. The first-order valence-corrected chi connectivity index (χ1v) is 8.66. The Hall–Kier alpha value is -1.69. The first-order chi connectivity index (χ1) is 10.6. The van der Waals surface area contributed by atoms with Gasteiger partial charge >= 0.3 is 0 Å². The Morgan fingerprint density at radius 1 is 1.41 bits per heavy atom. The number of fused-ring (bicyclic) bond motifs is 3. The summed E-state index contributed by atoms with van der Waals surface area (Å²) in [5.74, 6) is -0.464. The van der Waals surface area contributed by atoms with Crippen molar-refractivity contribution < 1.29 is 9.90 Å². The van der Waals surface area contributed by atoms with E-state index in [1.54, 1.807) is 11.3 Å². The van der Waals surface area contributed by atoms with Crippen LogP contribution in [0.2, 0.25) is 0 Å². The van der Waals surface area contributed by atoms with Gasteiger partial charge in [-0.15, -0.1) is 11.3 Å². The summed E-state index contributed by atoms with van der Waals surface area (Å²) >= 11 is 1.71. The van der Waals surface area contributed by atoms with Gasteiger partial charge in [0.25, 0.3) is 0 Å². The van der Waals surface area contributed by atoms with E-state index in [1.807, 2.05) is 13.8 Å². The van der Waals surface area contributed by atoms with Crippen molar-refractivity contribution in [1.29, 1.82) is 0 Å². The van der Waals surface area contributed by atoms with Gasteiger partial charge in [-0.25, -0.2) is 9.97 Å². The Morgan fingerprint density at radius 3 is 2.91 bits per heavy atom. The van der Waals surface area contributed by atoms with E-state index in [9.17, 15) is 9.90 Å². The fourth-order valence-electron chi connectivity index (χ4n) is 3.02. The molecule has 3 rings (SSSR count). The number of nitrogens with zero attached hydrogens (tertiary/aromatic N) is 2. The first kappa shape index (κ1) is 15.2. The van der Waals surface area contributed by atoms with Crippen LogP contribution in [0.1, 0.15) is 43.6 Å². The molecule has 0 aromatic carbocycles. The van der Waals surface area contributed by atoms with Crippen LogP contribution in [-0.4, -0.2) is 22.0 Å². The Kier molecular flexibility index (Phi) is 4.29. The Bertz CT molecular complexity index is 698. The number of nitrogens with one attached hydrogen (secondary N) is 1. The summed E-state index contributed by atoms with van der Waals surface area (Å²) < 4.78 is 0. The molecule has 2 aromatic rings. The summed E-state index contributed by atoms with van der Waals surface area (Å²) in [6, 6.07) is -0.734. The highest BCUT2D eigenvalue weighted by Gasteiger charge is 2.23. The first-order valence-electron chi connectivity index (χ1n) is 7.84. The lowest BCUT2D eigenvalue weighted by Gasteiger charge is -2.26. The number of carbonyl (C=O) groups is 1. The van der Waals surface area contributed by atoms with Crippen molar-refractivity contribution in [2.24, 2.45) is 5.92 Å². The maximum Gasteiger partial charge on any atom is 0.138 e. The molecule has 1 N–H and O–H groups in total. The minimum atomic E-state index is -1.08. The highest BCUT2D eigenvalue weighted by molar-refractivity contribution is 7.19. The molecule has 2 atom stereocenters. The lowest BCUT2D eigenvalue weighted by Crippen LogP contribution is -2.45. The van der Waals surface area contributed by atoms with Crippen molar-refractivity contribution in [2.45, 2.75) is 52.0 Å². The van der Waals surface area contributed by atoms with E-state index < -0.39 is 12.0 Å². The second kappa shape index (κ2) is 6.20. The van der Waals surface area contributed by atoms with Crippen molar-refractivity contribution in [1.82, 2.24) is 9.97 Å². The van der Waals surface area contributed by atoms with Gasteiger partial charge in [0.2, 0.25) is 0 Å². The fourth-order valence-corrected chi connectivity index (χ4v) is 4.25. The number of rotatable bonds is 5. The summed E-state index contributed by atoms with van der Waals surface area (Å²) in [7, 11) is 0. The number of hydrogen-bond acceptors (Lipinski definition) is 6. The predicted molar refractivity (Wildman–Crippen MR) is 85.9 cm³/mol. The molecule has 2 heterocycles. The summed E-state index contributed by atoms with van der Waals surface area (Å²) in [5, 5.41) is 15.6. The SMILES string of the molecule is CC[C@H](C)[C@@H](Nc1ncnc2sc3c(c12)CCCC3)C(=O)[O-]. The number of anilines is 1. The summed E-state index contributed by atoms with van der Waals surface area (Å²) in [5.41, 5.74) is 1.30. The molecule has 1 aliphatic carbocycles. The largest absolute Gasteiger partial charge is 0.548 e. The molecule has 0 saturated carbocycles. The Labute approximate surface area is 133 Å². The second-order valence-corrected chi connectivity index (χ2v) is 7.02. The number of thiophene rings is 1. The number of aryl methyl sites for hydroxylation is 2. The normalized spacial score (nSPS) is 17.0. The second-order valence-electron chi connectivity index (χ2n) is 5.94. The zero-order valence-electron chi connectivity index (χ0n) is 12.9. The van der Waals surface area contributed by atoms with Gasteiger partial charge in [0.1, 0.15) is 17.0 Å². The van der Waals surface area contributed by atoms with Gasteiger partial charge in [-0.1, -0.05) is 20.3 Å². The van der Waals surface area contributed by atoms with Crippen LogP contribution in [0, 0.1) is 5.92 Å². The Morgan fingerprint density at radius 2 is 2.18 bits per heavy atom. The molecule has 0 saturated heterocycles. The number of aromatic nitrogens is 2. The molecule has 0 bridgehead atoms. The third kappa shape index (κ3) is 2.67. The molecule has 22 heavy (non-hydrogen) atoms. The van der Waals surface area contributed by atoms with Crippen molar-refractivity contribution in [3.63, 3.8) is 0 Å².